The quantitative estimate of drug-likeness (QED) is 0.846. The Hall–Kier alpha value is -1.55. The van der Waals surface area contributed by atoms with E-state index in [0.717, 1.165) is 43.9 Å². The van der Waals surface area contributed by atoms with Crippen molar-refractivity contribution in [3.8, 4) is 5.75 Å². The lowest BCUT2D eigenvalue weighted by atomic mass is 10.1. The molecule has 0 spiro atoms. The molecule has 2 unspecified atom stereocenters. The summed E-state index contributed by atoms with van der Waals surface area (Å²) in [4.78, 5) is 4.51. The molecule has 1 aromatic rings. The Balaban J connectivity index is 1.57. The van der Waals surface area contributed by atoms with E-state index in [9.17, 15) is 5.11 Å². The number of phenols is 1. The van der Waals surface area contributed by atoms with Crippen molar-refractivity contribution in [3.05, 3.63) is 29.8 Å². The Bertz CT molecular complexity index is 453. The third-order valence-corrected chi connectivity index (χ3v) is 3.52. The summed E-state index contributed by atoms with van der Waals surface area (Å²) in [5.41, 5.74) is 1.10. The summed E-state index contributed by atoms with van der Waals surface area (Å²) in [6.45, 7) is 2.78. The summed E-state index contributed by atoms with van der Waals surface area (Å²) in [7, 11) is 0. The fourth-order valence-electron chi connectivity index (χ4n) is 2.58. The molecule has 18 heavy (non-hydrogen) atoms. The second kappa shape index (κ2) is 4.98. The molecule has 0 bridgehead atoms. The number of ether oxygens (including phenoxy) is 1. The predicted octanol–water partition coefficient (Wildman–Crippen LogP) is 1.34. The van der Waals surface area contributed by atoms with Crippen LogP contribution >= 0.6 is 0 Å². The molecule has 0 amide bonds. The monoisotopic (exact) mass is 246 g/mol. The molecule has 2 aliphatic rings. The van der Waals surface area contributed by atoms with Gasteiger partial charge in [-0.2, -0.15) is 0 Å². The zero-order valence-electron chi connectivity index (χ0n) is 10.3. The number of rotatable bonds is 3. The fourth-order valence-corrected chi connectivity index (χ4v) is 2.58. The third kappa shape index (κ3) is 2.48. The highest BCUT2D eigenvalue weighted by Crippen LogP contribution is 2.20. The van der Waals surface area contributed by atoms with Crippen LogP contribution in [0.2, 0.25) is 0 Å². The lowest BCUT2D eigenvalue weighted by Crippen LogP contribution is -2.22. The van der Waals surface area contributed by atoms with Crippen LogP contribution in [-0.4, -0.2) is 36.7 Å². The zero-order chi connectivity index (χ0) is 12.4. The lowest BCUT2D eigenvalue weighted by Gasteiger charge is -2.14. The van der Waals surface area contributed by atoms with Crippen molar-refractivity contribution in [3.63, 3.8) is 0 Å². The first-order chi connectivity index (χ1) is 8.81. The molecule has 3 rings (SSSR count). The van der Waals surface area contributed by atoms with Gasteiger partial charge >= 0.3 is 0 Å². The standard InChI is InChI=1S/C14H18N2O2/c17-12-3-1-2-10(6-12)7-13-9-16-14(18-13)11-4-5-15-8-11/h1-3,6,11,13,15,17H,4-5,7-9H2. The average molecular weight is 246 g/mol. The van der Waals surface area contributed by atoms with Crippen LogP contribution in [0.1, 0.15) is 12.0 Å². The molecule has 4 heteroatoms. The summed E-state index contributed by atoms with van der Waals surface area (Å²) in [6, 6.07) is 7.35. The highest BCUT2D eigenvalue weighted by atomic mass is 16.5. The van der Waals surface area contributed by atoms with E-state index in [1.165, 1.54) is 0 Å². The van der Waals surface area contributed by atoms with E-state index < -0.39 is 0 Å². The molecule has 4 nitrogen and oxygen atoms in total. The maximum absolute atomic E-state index is 9.43. The molecule has 2 aliphatic heterocycles. The average Bonchev–Trinajstić information content (AvgIpc) is 2.98. The van der Waals surface area contributed by atoms with Crippen LogP contribution in [0, 0.1) is 5.92 Å². The Labute approximate surface area is 107 Å². The number of aromatic hydroxyl groups is 1. The van der Waals surface area contributed by atoms with Crippen molar-refractivity contribution in [2.75, 3.05) is 19.6 Å². The maximum atomic E-state index is 9.43. The van der Waals surface area contributed by atoms with E-state index in [1.807, 2.05) is 12.1 Å². The van der Waals surface area contributed by atoms with Crippen molar-refractivity contribution in [1.82, 2.24) is 5.32 Å². The Morgan fingerprint density at radius 2 is 2.39 bits per heavy atom. The van der Waals surface area contributed by atoms with E-state index in [2.05, 4.69) is 10.3 Å². The number of hydrogen-bond donors (Lipinski definition) is 2. The number of nitrogens with zero attached hydrogens (tertiary/aromatic N) is 1. The van der Waals surface area contributed by atoms with Crippen molar-refractivity contribution < 1.29 is 9.84 Å². The molecular weight excluding hydrogens is 228 g/mol. The second-order valence-electron chi connectivity index (χ2n) is 4.98. The Morgan fingerprint density at radius 3 is 3.17 bits per heavy atom. The van der Waals surface area contributed by atoms with Crippen LogP contribution in [0.4, 0.5) is 0 Å². The molecule has 2 atom stereocenters. The van der Waals surface area contributed by atoms with Gasteiger partial charge in [0.05, 0.1) is 6.54 Å². The Kier molecular flexibility index (Phi) is 3.19. The fraction of sp³-hybridized carbons (Fsp3) is 0.500. The smallest absolute Gasteiger partial charge is 0.188 e. The van der Waals surface area contributed by atoms with Crippen LogP contribution < -0.4 is 5.32 Å². The number of benzene rings is 1. The lowest BCUT2D eigenvalue weighted by molar-refractivity contribution is 0.211. The van der Waals surface area contributed by atoms with E-state index >= 15 is 0 Å². The molecule has 1 fully saturated rings. The molecule has 0 aromatic heterocycles. The van der Waals surface area contributed by atoms with Crippen molar-refractivity contribution in [2.24, 2.45) is 10.9 Å². The number of nitrogens with one attached hydrogen (secondary N) is 1. The largest absolute Gasteiger partial charge is 0.508 e. The van der Waals surface area contributed by atoms with Gasteiger partial charge in [-0.05, 0) is 30.7 Å². The van der Waals surface area contributed by atoms with Crippen LogP contribution in [0.5, 0.6) is 5.75 Å². The third-order valence-electron chi connectivity index (χ3n) is 3.52. The minimum Gasteiger partial charge on any atom is -0.508 e. The van der Waals surface area contributed by atoms with Crippen LogP contribution in [0.3, 0.4) is 0 Å². The topological polar surface area (TPSA) is 53.9 Å². The molecule has 0 radical (unpaired) electrons. The van der Waals surface area contributed by atoms with Gasteiger partial charge in [-0.3, -0.25) is 4.99 Å². The van der Waals surface area contributed by atoms with Crippen molar-refractivity contribution in [1.29, 1.82) is 0 Å². The number of phenolic OH excluding ortho intramolecular Hbond substituents is 1. The molecular formula is C14H18N2O2. The maximum Gasteiger partial charge on any atom is 0.188 e. The summed E-state index contributed by atoms with van der Waals surface area (Å²) in [6.07, 6.45) is 2.06. The minimum atomic E-state index is 0.127. The van der Waals surface area contributed by atoms with Crippen LogP contribution in [-0.2, 0) is 11.2 Å². The normalized spacial score (nSPS) is 27.0. The van der Waals surface area contributed by atoms with Gasteiger partial charge in [-0.15, -0.1) is 0 Å². The van der Waals surface area contributed by atoms with Gasteiger partial charge < -0.3 is 15.2 Å². The number of aliphatic imine (C=N–C) groups is 1. The van der Waals surface area contributed by atoms with Gasteiger partial charge in [-0.25, -0.2) is 0 Å². The summed E-state index contributed by atoms with van der Waals surface area (Å²) in [5.74, 6) is 1.69. The zero-order valence-corrected chi connectivity index (χ0v) is 10.3. The molecule has 2 N–H and O–H groups in total. The van der Waals surface area contributed by atoms with Crippen LogP contribution in [0.25, 0.3) is 0 Å². The van der Waals surface area contributed by atoms with E-state index in [-0.39, 0.29) is 6.10 Å². The molecule has 0 saturated carbocycles. The summed E-state index contributed by atoms with van der Waals surface area (Å²) >= 11 is 0. The van der Waals surface area contributed by atoms with Gasteiger partial charge in [0.2, 0.25) is 0 Å². The molecule has 2 heterocycles. The molecule has 1 aromatic carbocycles. The number of hydrogen-bond acceptors (Lipinski definition) is 4. The van der Waals surface area contributed by atoms with Crippen LogP contribution in [0.15, 0.2) is 29.3 Å². The second-order valence-corrected chi connectivity index (χ2v) is 4.98. The van der Waals surface area contributed by atoms with Gasteiger partial charge in [0.25, 0.3) is 0 Å². The molecule has 96 valence electrons. The van der Waals surface area contributed by atoms with Gasteiger partial charge in [-0.1, -0.05) is 12.1 Å². The summed E-state index contributed by atoms with van der Waals surface area (Å²) < 4.78 is 5.92. The van der Waals surface area contributed by atoms with Gasteiger partial charge in [0, 0.05) is 18.9 Å². The summed E-state index contributed by atoms with van der Waals surface area (Å²) in [5, 5.41) is 12.8. The first-order valence-corrected chi connectivity index (χ1v) is 6.51. The minimum absolute atomic E-state index is 0.127. The predicted molar refractivity (Wildman–Crippen MR) is 70.0 cm³/mol. The van der Waals surface area contributed by atoms with Gasteiger partial charge in [0.1, 0.15) is 11.9 Å². The van der Waals surface area contributed by atoms with Gasteiger partial charge in [0.15, 0.2) is 5.90 Å². The highest BCUT2D eigenvalue weighted by molar-refractivity contribution is 5.80. The SMILES string of the molecule is Oc1cccc(CC2CN=C(C3CCNC3)O2)c1. The first-order valence-electron chi connectivity index (χ1n) is 6.51. The first kappa shape index (κ1) is 11.5. The molecule has 1 saturated heterocycles. The van der Waals surface area contributed by atoms with E-state index in [1.54, 1.807) is 12.1 Å². The van der Waals surface area contributed by atoms with Crippen molar-refractivity contribution >= 4 is 5.90 Å². The van der Waals surface area contributed by atoms with Crippen molar-refractivity contribution in [2.45, 2.75) is 18.9 Å². The molecule has 0 aliphatic carbocycles. The highest BCUT2D eigenvalue weighted by Gasteiger charge is 2.28. The van der Waals surface area contributed by atoms with E-state index in [4.69, 9.17) is 4.74 Å². The Morgan fingerprint density at radius 1 is 1.44 bits per heavy atom. The van der Waals surface area contributed by atoms with E-state index in [0.29, 0.717) is 11.7 Å².